The van der Waals surface area contributed by atoms with E-state index in [1.54, 1.807) is 6.07 Å². The molecule has 3 heterocycles. The molecule has 1 aromatic heterocycles. The Morgan fingerprint density at radius 3 is 2.50 bits per heavy atom. The van der Waals surface area contributed by atoms with Crippen LogP contribution in [-0.4, -0.2) is 54.0 Å². The molecule has 0 amide bonds. The fourth-order valence-corrected chi connectivity index (χ4v) is 5.68. The van der Waals surface area contributed by atoms with Gasteiger partial charge in [0.1, 0.15) is 11.6 Å². The van der Waals surface area contributed by atoms with Crippen molar-refractivity contribution in [2.75, 3.05) is 38.2 Å². The van der Waals surface area contributed by atoms with Crippen LogP contribution in [0.4, 0.5) is 10.2 Å². The van der Waals surface area contributed by atoms with E-state index < -0.39 is 0 Å². The predicted octanol–water partition coefficient (Wildman–Crippen LogP) is 4.49. The lowest BCUT2D eigenvalue weighted by Gasteiger charge is -2.27. The average Bonchev–Trinajstić information content (AvgIpc) is 3.27. The highest BCUT2D eigenvalue weighted by molar-refractivity contribution is 6.33. The van der Waals surface area contributed by atoms with E-state index in [2.05, 4.69) is 20.4 Å². The Morgan fingerprint density at radius 2 is 1.83 bits per heavy atom. The van der Waals surface area contributed by atoms with Crippen molar-refractivity contribution in [1.29, 1.82) is 0 Å². The van der Waals surface area contributed by atoms with Crippen molar-refractivity contribution in [3.05, 3.63) is 41.2 Å². The minimum absolute atomic E-state index is 0.346. The predicted molar refractivity (Wildman–Crippen MR) is 116 cm³/mol. The SMILES string of the molecule is Fc1ccc(-c2ccc(N[C@H]3C[C@@H]4CN(CC5CCOCC5)C[C@@H]4C3)nn2)c(Cl)c1. The monoisotopic (exact) mass is 430 g/mol. The van der Waals surface area contributed by atoms with E-state index >= 15 is 0 Å². The van der Waals surface area contributed by atoms with Crippen molar-refractivity contribution in [3.63, 3.8) is 0 Å². The molecule has 0 radical (unpaired) electrons. The number of likely N-dealkylation sites (tertiary alicyclic amines) is 1. The van der Waals surface area contributed by atoms with Crippen molar-refractivity contribution in [2.24, 2.45) is 17.8 Å². The fourth-order valence-electron chi connectivity index (χ4n) is 5.42. The number of rotatable bonds is 5. The normalized spacial score (nSPS) is 27.3. The van der Waals surface area contributed by atoms with Gasteiger partial charge in [-0.15, -0.1) is 10.2 Å². The zero-order valence-corrected chi connectivity index (χ0v) is 17.8. The van der Waals surface area contributed by atoms with Crippen LogP contribution in [0.25, 0.3) is 11.3 Å². The van der Waals surface area contributed by atoms with Crippen LogP contribution >= 0.6 is 11.6 Å². The molecule has 3 atom stereocenters. The van der Waals surface area contributed by atoms with Crippen LogP contribution in [-0.2, 0) is 4.74 Å². The lowest BCUT2D eigenvalue weighted by Crippen LogP contribution is -2.32. The first kappa shape index (κ1) is 20.2. The second-order valence-corrected chi connectivity index (χ2v) is 9.44. The van der Waals surface area contributed by atoms with E-state index in [0.29, 0.717) is 22.3 Å². The number of hydrogen-bond donors (Lipinski definition) is 1. The third kappa shape index (κ3) is 4.46. The Balaban J connectivity index is 1.14. The minimum Gasteiger partial charge on any atom is -0.381 e. The number of benzene rings is 1. The van der Waals surface area contributed by atoms with Crippen LogP contribution in [0.15, 0.2) is 30.3 Å². The van der Waals surface area contributed by atoms with Gasteiger partial charge in [0.15, 0.2) is 0 Å². The first-order valence-corrected chi connectivity index (χ1v) is 11.4. The van der Waals surface area contributed by atoms with Gasteiger partial charge in [-0.2, -0.15) is 0 Å². The zero-order chi connectivity index (χ0) is 20.5. The first-order chi connectivity index (χ1) is 14.6. The van der Waals surface area contributed by atoms with Gasteiger partial charge in [0.25, 0.3) is 0 Å². The molecule has 0 unspecified atom stereocenters. The van der Waals surface area contributed by atoms with Gasteiger partial charge < -0.3 is 15.0 Å². The Labute approximate surface area is 182 Å². The largest absolute Gasteiger partial charge is 0.381 e. The van der Waals surface area contributed by atoms with Crippen LogP contribution < -0.4 is 5.32 Å². The second kappa shape index (κ2) is 8.77. The van der Waals surface area contributed by atoms with E-state index in [9.17, 15) is 4.39 Å². The Bertz CT molecular complexity index is 860. The summed E-state index contributed by atoms with van der Waals surface area (Å²) in [6.45, 7) is 5.57. The van der Waals surface area contributed by atoms with Gasteiger partial charge in [-0.3, -0.25) is 0 Å². The van der Waals surface area contributed by atoms with E-state index in [1.807, 2.05) is 12.1 Å². The minimum atomic E-state index is -0.354. The van der Waals surface area contributed by atoms with E-state index in [4.69, 9.17) is 16.3 Å². The fraction of sp³-hybridized carbons (Fsp3) is 0.565. The summed E-state index contributed by atoms with van der Waals surface area (Å²) in [5.41, 5.74) is 1.34. The maximum absolute atomic E-state index is 13.3. The molecule has 0 bridgehead atoms. The Morgan fingerprint density at radius 1 is 1.07 bits per heavy atom. The molecule has 2 saturated heterocycles. The van der Waals surface area contributed by atoms with Crippen LogP contribution in [0, 0.1) is 23.6 Å². The number of aromatic nitrogens is 2. The van der Waals surface area contributed by atoms with Crippen LogP contribution in [0.1, 0.15) is 25.7 Å². The Kier molecular flexibility index (Phi) is 5.89. The highest BCUT2D eigenvalue weighted by atomic mass is 35.5. The first-order valence-electron chi connectivity index (χ1n) is 11.0. The lowest BCUT2D eigenvalue weighted by atomic mass is 10.00. The number of ether oxygens (including phenoxy) is 1. The highest BCUT2D eigenvalue weighted by Gasteiger charge is 2.41. The summed E-state index contributed by atoms with van der Waals surface area (Å²) in [6, 6.07) is 8.61. The molecule has 0 spiro atoms. The number of halogens is 2. The van der Waals surface area contributed by atoms with Crippen molar-refractivity contribution < 1.29 is 9.13 Å². The third-order valence-electron chi connectivity index (χ3n) is 6.91. The summed E-state index contributed by atoms with van der Waals surface area (Å²) in [5.74, 6) is 2.82. The number of nitrogens with one attached hydrogen (secondary N) is 1. The molecule has 5 nitrogen and oxygen atoms in total. The molecule has 1 saturated carbocycles. The molecule has 3 fully saturated rings. The molecule has 1 aromatic carbocycles. The molecule has 30 heavy (non-hydrogen) atoms. The van der Waals surface area contributed by atoms with Gasteiger partial charge in [-0.05, 0) is 73.8 Å². The highest BCUT2D eigenvalue weighted by Crippen LogP contribution is 2.39. The second-order valence-electron chi connectivity index (χ2n) is 9.04. The molecular formula is C23H28ClFN4O. The molecule has 3 aliphatic rings. The van der Waals surface area contributed by atoms with Gasteiger partial charge >= 0.3 is 0 Å². The standard InChI is InChI=1S/C23H28ClFN4O/c24-21-11-18(25)1-2-20(21)22-3-4-23(28-27-22)26-19-9-16-13-29(14-17(16)10-19)12-15-5-7-30-8-6-15/h1-4,11,15-17,19H,5-10,12-14H2,(H,26,28)/t16-,17+,19+. The Hall–Kier alpha value is -1.76. The lowest BCUT2D eigenvalue weighted by molar-refractivity contribution is 0.0545. The maximum atomic E-state index is 13.3. The smallest absolute Gasteiger partial charge is 0.148 e. The summed E-state index contributed by atoms with van der Waals surface area (Å²) in [4.78, 5) is 2.68. The van der Waals surface area contributed by atoms with Gasteiger partial charge in [0, 0.05) is 44.5 Å². The van der Waals surface area contributed by atoms with Gasteiger partial charge in [-0.25, -0.2) is 4.39 Å². The molecule has 1 N–H and O–H groups in total. The van der Waals surface area contributed by atoms with E-state index in [1.165, 1.54) is 57.5 Å². The number of anilines is 1. The van der Waals surface area contributed by atoms with E-state index in [-0.39, 0.29) is 5.82 Å². The summed E-state index contributed by atoms with van der Waals surface area (Å²) < 4.78 is 18.7. The van der Waals surface area contributed by atoms with Crippen molar-refractivity contribution >= 4 is 17.4 Å². The average molecular weight is 431 g/mol. The number of hydrogen-bond acceptors (Lipinski definition) is 5. The summed E-state index contributed by atoms with van der Waals surface area (Å²) >= 11 is 6.14. The third-order valence-corrected chi connectivity index (χ3v) is 7.22. The van der Waals surface area contributed by atoms with Gasteiger partial charge in [-0.1, -0.05) is 11.6 Å². The molecule has 7 heteroatoms. The van der Waals surface area contributed by atoms with Crippen LogP contribution in [0.3, 0.4) is 0 Å². The summed E-state index contributed by atoms with van der Waals surface area (Å²) in [7, 11) is 0. The van der Waals surface area contributed by atoms with Crippen molar-refractivity contribution in [1.82, 2.24) is 15.1 Å². The van der Waals surface area contributed by atoms with E-state index in [0.717, 1.165) is 36.8 Å². The van der Waals surface area contributed by atoms with Crippen molar-refractivity contribution in [3.8, 4) is 11.3 Å². The number of nitrogens with zero attached hydrogens (tertiary/aromatic N) is 3. The molecule has 2 aromatic rings. The van der Waals surface area contributed by atoms with Crippen molar-refractivity contribution in [2.45, 2.75) is 31.7 Å². The maximum Gasteiger partial charge on any atom is 0.148 e. The molecule has 2 aliphatic heterocycles. The van der Waals surface area contributed by atoms with Gasteiger partial charge in [0.2, 0.25) is 0 Å². The van der Waals surface area contributed by atoms with Gasteiger partial charge in [0.05, 0.1) is 10.7 Å². The summed E-state index contributed by atoms with van der Waals surface area (Å²) in [6.07, 6.45) is 4.83. The molecule has 1 aliphatic carbocycles. The molecule has 5 rings (SSSR count). The summed E-state index contributed by atoms with van der Waals surface area (Å²) in [5, 5.41) is 12.5. The molecule has 160 valence electrons. The molecular weight excluding hydrogens is 403 g/mol. The van der Waals surface area contributed by atoms with Crippen LogP contribution in [0.5, 0.6) is 0 Å². The zero-order valence-electron chi connectivity index (χ0n) is 17.1. The quantitative estimate of drug-likeness (QED) is 0.757. The van der Waals surface area contributed by atoms with Crippen LogP contribution in [0.2, 0.25) is 5.02 Å². The number of fused-ring (bicyclic) bond motifs is 1. The topological polar surface area (TPSA) is 50.3 Å².